The number of hydrogen-bond acceptors (Lipinski definition) is 4. The number of anilines is 1. The van der Waals surface area contributed by atoms with Crippen LogP contribution in [0.1, 0.15) is 34.7 Å². The number of carbonyl (C=O) groups is 1. The SMILES string of the molecule is O=C(O)c1ccc2nc(N3CCC(c4cccc(Cl)c4)CC3)c(-c3ccc(F)cc3)nc2c1. The fraction of sp³-hybridized carbons (Fsp3) is 0.192. The molecule has 0 unspecified atom stereocenters. The molecule has 1 aromatic heterocycles. The molecule has 0 atom stereocenters. The summed E-state index contributed by atoms with van der Waals surface area (Å²) >= 11 is 6.18. The summed E-state index contributed by atoms with van der Waals surface area (Å²) < 4.78 is 13.6. The van der Waals surface area contributed by atoms with Gasteiger partial charge < -0.3 is 10.0 Å². The van der Waals surface area contributed by atoms with Gasteiger partial charge in [0.2, 0.25) is 0 Å². The third-order valence-corrected chi connectivity index (χ3v) is 6.36. The van der Waals surface area contributed by atoms with E-state index in [9.17, 15) is 14.3 Å². The summed E-state index contributed by atoms with van der Waals surface area (Å²) in [4.78, 5) is 23.3. The third kappa shape index (κ3) is 4.39. The van der Waals surface area contributed by atoms with Gasteiger partial charge in [-0.3, -0.25) is 0 Å². The Balaban J connectivity index is 1.52. The zero-order valence-corrected chi connectivity index (χ0v) is 18.5. The van der Waals surface area contributed by atoms with Gasteiger partial charge in [-0.15, -0.1) is 0 Å². The van der Waals surface area contributed by atoms with E-state index in [2.05, 4.69) is 11.0 Å². The number of aromatic nitrogens is 2. The fourth-order valence-electron chi connectivity index (χ4n) is 4.39. The van der Waals surface area contributed by atoms with Crippen LogP contribution in [-0.2, 0) is 0 Å². The second-order valence-corrected chi connectivity index (χ2v) is 8.66. The highest BCUT2D eigenvalue weighted by molar-refractivity contribution is 6.30. The van der Waals surface area contributed by atoms with Crippen molar-refractivity contribution in [1.29, 1.82) is 0 Å². The highest BCUT2D eigenvalue weighted by Gasteiger charge is 2.25. The summed E-state index contributed by atoms with van der Waals surface area (Å²) in [6, 6.07) is 18.9. The van der Waals surface area contributed by atoms with Crippen molar-refractivity contribution < 1.29 is 14.3 Å². The maximum absolute atomic E-state index is 13.6. The average Bonchev–Trinajstić information content (AvgIpc) is 2.83. The largest absolute Gasteiger partial charge is 0.478 e. The summed E-state index contributed by atoms with van der Waals surface area (Å²) in [6.45, 7) is 1.58. The minimum absolute atomic E-state index is 0.150. The maximum atomic E-state index is 13.6. The molecule has 4 aromatic rings. The zero-order valence-electron chi connectivity index (χ0n) is 17.7. The number of carboxylic acid groups (broad SMARTS) is 1. The van der Waals surface area contributed by atoms with Crippen LogP contribution < -0.4 is 4.90 Å². The molecule has 166 valence electrons. The Morgan fingerprint density at radius 1 is 0.970 bits per heavy atom. The van der Waals surface area contributed by atoms with Crippen LogP contribution in [0.4, 0.5) is 10.2 Å². The normalized spacial score (nSPS) is 14.5. The maximum Gasteiger partial charge on any atom is 0.335 e. The predicted octanol–water partition coefficient (Wildman–Crippen LogP) is 6.17. The summed E-state index contributed by atoms with van der Waals surface area (Å²) in [5.74, 6) is -0.207. The number of rotatable bonds is 4. The number of carboxylic acids is 1. The van der Waals surface area contributed by atoms with Crippen molar-refractivity contribution >= 4 is 34.4 Å². The molecule has 0 bridgehead atoms. The monoisotopic (exact) mass is 461 g/mol. The number of benzene rings is 3. The Bertz CT molecular complexity index is 1340. The van der Waals surface area contributed by atoms with Crippen LogP contribution in [0.2, 0.25) is 5.02 Å². The van der Waals surface area contributed by atoms with Gasteiger partial charge in [0.25, 0.3) is 0 Å². The minimum atomic E-state index is -1.02. The van der Waals surface area contributed by atoms with Crippen molar-refractivity contribution in [3.63, 3.8) is 0 Å². The molecule has 0 radical (unpaired) electrons. The van der Waals surface area contributed by atoms with Gasteiger partial charge in [-0.05, 0) is 78.9 Å². The molecule has 1 aliphatic heterocycles. The van der Waals surface area contributed by atoms with Crippen LogP contribution in [0.15, 0.2) is 66.7 Å². The molecule has 7 heteroatoms. The molecule has 0 aliphatic carbocycles. The molecule has 2 heterocycles. The van der Waals surface area contributed by atoms with Crippen LogP contribution in [0.25, 0.3) is 22.3 Å². The summed E-state index contributed by atoms with van der Waals surface area (Å²) in [6.07, 6.45) is 1.89. The summed E-state index contributed by atoms with van der Waals surface area (Å²) in [5, 5.41) is 10.1. The molecular weight excluding hydrogens is 441 g/mol. The van der Waals surface area contributed by atoms with Crippen LogP contribution in [0, 0.1) is 5.82 Å². The first kappa shape index (κ1) is 21.3. The van der Waals surface area contributed by atoms with E-state index in [1.54, 1.807) is 18.2 Å². The Morgan fingerprint density at radius 2 is 1.73 bits per heavy atom. The van der Waals surface area contributed by atoms with E-state index in [1.165, 1.54) is 29.8 Å². The van der Waals surface area contributed by atoms with Crippen molar-refractivity contribution in [3.05, 3.63) is 88.7 Å². The number of fused-ring (bicyclic) bond motifs is 1. The number of piperidine rings is 1. The smallest absolute Gasteiger partial charge is 0.335 e. The lowest BCUT2D eigenvalue weighted by molar-refractivity contribution is 0.0697. The number of halogens is 2. The Morgan fingerprint density at radius 3 is 2.42 bits per heavy atom. The molecule has 33 heavy (non-hydrogen) atoms. The van der Waals surface area contributed by atoms with E-state index in [0.717, 1.165) is 42.3 Å². The molecule has 5 nitrogen and oxygen atoms in total. The van der Waals surface area contributed by atoms with Crippen molar-refractivity contribution in [3.8, 4) is 11.3 Å². The second-order valence-electron chi connectivity index (χ2n) is 8.23. The van der Waals surface area contributed by atoms with Crippen LogP contribution in [0.3, 0.4) is 0 Å². The first-order valence-corrected chi connectivity index (χ1v) is 11.2. The van der Waals surface area contributed by atoms with Crippen LogP contribution in [0.5, 0.6) is 0 Å². The first-order chi connectivity index (χ1) is 16.0. The summed E-state index contributed by atoms with van der Waals surface area (Å²) in [5.41, 5.74) is 3.86. The molecule has 3 aromatic carbocycles. The van der Waals surface area contributed by atoms with Gasteiger partial charge in [-0.25, -0.2) is 19.2 Å². The Hall–Kier alpha value is -3.51. The molecule has 0 saturated carbocycles. The van der Waals surface area contributed by atoms with E-state index in [1.807, 2.05) is 18.2 Å². The van der Waals surface area contributed by atoms with Crippen LogP contribution >= 0.6 is 11.6 Å². The van der Waals surface area contributed by atoms with E-state index < -0.39 is 5.97 Å². The van der Waals surface area contributed by atoms with E-state index in [-0.39, 0.29) is 11.4 Å². The number of nitrogens with zero attached hydrogens (tertiary/aromatic N) is 3. The number of aromatic carboxylic acids is 1. The molecule has 1 N–H and O–H groups in total. The van der Waals surface area contributed by atoms with Crippen molar-refractivity contribution in [2.75, 3.05) is 18.0 Å². The van der Waals surface area contributed by atoms with Gasteiger partial charge in [-0.1, -0.05) is 23.7 Å². The predicted molar refractivity (Wildman–Crippen MR) is 128 cm³/mol. The topological polar surface area (TPSA) is 66.3 Å². The highest BCUT2D eigenvalue weighted by Crippen LogP contribution is 2.35. The molecule has 1 saturated heterocycles. The Kier molecular flexibility index (Phi) is 5.68. The van der Waals surface area contributed by atoms with Crippen LogP contribution in [-0.4, -0.2) is 34.1 Å². The fourth-order valence-corrected chi connectivity index (χ4v) is 4.58. The molecule has 5 rings (SSSR count). The van der Waals surface area contributed by atoms with Crippen molar-refractivity contribution in [2.24, 2.45) is 0 Å². The summed E-state index contributed by atoms with van der Waals surface area (Å²) in [7, 11) is 0. The molecule has 1 fully saturated rings. The highest BCUT2D eigenvalue weighted by atomic mass is 35.5. The lowest BCUT2D eigenvalue weighted by Crippen LogP contribution is -2.34. The van der Waals surface area contributed by atoms with Gasteiger partial charge in [0.15, 0.2) is 5.82 Å². The lowest BCUT2D eigenvalue weighted by atomic mass is 9.89. The minimum Gasteiger partial charge on any atom is -0.478 e. The molecule has 0 amide bonds. The third-order valence-electron chi connectivity index (χ3n) is 6.13. The van der Waals surface area contributed by atoms with Crippen molar-refractivity contribution in [2.45, 2.75) is 18.8 Å². The number of hydrogen-bond donors (Lipinski definition) is 1. The Labute approximate surface area is 195 Å². The first-order valence-electron chi connectivity index (χ1n) is 10.8. The van der Waals surface area contributed by atoms with Gasteiger partial charge >= 0.3 is 5.97 Å². The quantitative estimate of drug-likeness (QED) is 0.393. The molecule has 0 spiro atoms. The van der Waals surface area contributed by atoms with Crippen molar-refractivity contribution in [1.82, 2.24) is 9.97 Å². The van der Waals surface area contributed by atoms with Gasteiger partial charge in [0, 0.05) is 23.7 Å². The lowest BCUT2D eigenvalue weighted by Gasteiger charge is -2.34. The van der Waals surface area contributed by atoms with Gasteiger partial charge in [0.1, 0.15) is 11.5 Å². The standard InChI is InChI=1S/C26H21ClFN3O2/c27-20-3-1-2-18(14-20)16-10-12-31(13-11-16)25-24(17-4-7-21(28)8-5-17)29-23-15-19(26(32)33)6-9-22(23)30-25/h1-9,14-16H,10-13H2,(H,32,33). The van der Waals surface area contributed by atoms with Gasteiger partial charge in [-0.2, -0.15) is 0 Å². The zero-order chi connectivity index (χ0) is 22.9. The molecular formula is C26H21ClFN3O2. The second kappa shape index (κ2) is 8.79. The van der Waals surface area contributed by atoms with E-state index in [0.29, 0.717) is 22.6 Å². The van der Waals surface area contributed by atoms with E-state index in [4.69, 9.17) is 21.6 Å². The van der Waals surface area contributed by atoms with Gasteiger partial charge in [0.05, 0.1) is 16.6 Å². The average molecular weight is 462 g/mol. The van der Waals surface area contributed by atoms with E-state index >= 15 is 0 Å². The molecule has 1 aliphatic rings.